The van der Waals surface area contributed by atoms with Crippen LogP contribution in [0.3, 0.4) is 0 Å². The number of aliphatic hydroxyl groups excluding tert-OH is 1. The number of carbonyl (C=O) groups is 2. The Bertz CT molecular complexity index is 816. The molecule has 0 saturated carbocycles. The SMILES string of the molecule is CC/C=C\C/C=C\C/C=C\CCCCCC(=O)OC(CO)COC(=O)CCCCCCCCCCCCCCCCCCCCCCCCCC. The maximum atomic E-state index is 12.1. The Hall–Kier alpha value is -1.88. The zero-order valence-corrected chi connectivity index (χ0v) is 33.9. The Labute approximate surface area is 316 Å². The van der Waals surface area contributed by atoms with Crippen molar-refractivity contribution in [1.82, 2.24) is 0 Å². The Balaban J connectivity index is 3.47. The van der Waals surface area contributed by atoms with Crippen LogP contribution in [0.4, 0.5) is 0 Å². The smallest absolute Gasteiger partial charge is 0.306 e. The highest BCUT2D eigenvalue weighted by atomic mass is 16.6. The number of rotatable bonds is 40. The molecule has 0 fully saturated rings. The van der Waals surface area contributed by atoms with Crippen LogP contribution in [0.1, 0.15) is 226 Å². The Morgan fingerprint density at radius 2 is 0.843 bits per heavy atom. The summed E-state index contributed by atoms with van der Waals surface area (Å²) in [5.41, 5.74) is 0. The standard InChI is InChI=1S/C46H84O5/c1-3-5-7-9-11-13-15-17-18-19-20-21-22-23-24-25-26-27-29-30-32-34-36-38-40-45(48)50-43-44(42-47)51-46(49)41-39-37-35-33-31-28-16-14-12-10-8-6-4-2/h6,8,12,14,28,31,44,47H,3-5,7,9-11,13,15-27,29-30,32-43H2,1-2H3/b8-6-,14-12-,31-28-. The molecule has 5 heteroatoms. The summed E-state index contributed by atoms with van der Waals surface area (Å²) in [6.07, 6.45) is 52.3. The van der Waals surface area contributed by atoms with Crippen LogP contribution in [0.25, 0.3) is 0 Å². The molecule has 0 saturated heterocycles. The van der Waals surface area contributed by atoms with Crippen molar-refractivity contribution in [3.05, 3.63) is 36.5 Å². The number of carbonyl (C=O) groups excluding carboxylic acids is 2. The van der Waals surface area contributed by atoms with Crippen molar-refractivity contribution >= 4 is 11.9 Å². The van der Waals surface area contributed by atoms with Crippen molar-refractivity contribution in [2.24, 2.45) is 0 Å². The van der Waals surface area contributed by atoms with Gasteiger partial charge in [0, 0.05) is 12.8 Å². The Morgan fingerprint density at radius 3 is 1.27 bits per heavy atom. The van der Waals surface area contributed by atoms with Crippen LogP contribution < -0.4 is 0 Å². The molecule has 0 heterocycles. The van der Waals surface area contributed by atoms with Crippen LogP contribution >= 0.6 is 0 Å². The first-order chi connectivity index (χ1) is 25.1. The number of aliphatic hydroxyl groups is 1. The highest BCUT2D eigenvalue weighted by Crippen LogP contribution is 2.16. The van der Waals surface area contributed by atoms with Gasteiger partial charge in [-0.2, -0.15) is 0 Å². The molecule has 0 spiro atoms. The largest absolute Gasteiger partial charge is 0.462 e. The lowest BCUT2D eigenvalue weighted by Gasteiger charge is -2.15. The molecule has 5 nitrogen and oxygen atoms in total. The van der Waals surface area contributed by atoms with Crippen molar-refractivity contribution < 1.29 is 24.2 Å². The van der Waals surface area contributed by atoms with E-state index in [-0.39, 0.29) is 25.2 Å². The fraction of sp³-hybridized carbons (Fsp3) is 0.826. The van der Waals surface area contributed by atoms with Gasteiger partial charge in [-0.1, -0.05) is 204 Å². The minimum atomic E-state index is -0.783. The highest BCUT2D eigenvalue weighted by Gasteiger charge is 2.16. The highest BCUT2D eigenvalue weighted by molar-refractivity contribution is 5.70. The van der Waals surface area contributed by atoms with Gasteiger partial charge in [-0.15, -0.1) is 0 Å². The quantitative estimate of drug-likeness (QED) is 0.0388. The Morgan fingerprint density at radius 1 is 0.471 bits per heavy atom. The number of ether oxygens (including phenoxy) is 2. The summed E-state index contributed by atoms with van der Waals surface area (Å²) in [6.45, 7) is 4.02. The van der Waals surface area contributed by atoms with Crippen LogP contribution in [0.2, 0.25) is 0 Å². The minimum Gasteiger partial charge on any atom is -0.462 e. The molecule has 0 amide bonds. The molecule has 0 bridgehead atoms. The zero-order chi connectivity index (χ0) is 37.1. The van der Waals surface area contributed by atoms with E-state index in [4.69, 9.17) is 9.47 Å². The summed E-state index contributed by atoms with van der Waals surface area (Å²) in [7, 11) is 0. The molecular formula is C46H84O5. The first kappa shape index (κ1) is 49.1. The van der Waals surface area contributed by atoms with Gasteiger partial charge in [0.15, 0.2) is 6.10 Å². The van der Waals surface area contributed by atoms with Crippen LogP contribution in [-0.4, -0.2) is 36.4 Å². The molecule has 0 aromatic rings. The second kappa shape index (κ2) is 42.5. The molecule has 1 N–H and O–H groups in total. The van der Waals surface area contributed by atoms with Gasteiger partial charge in [0.2, 0.25) is 0 Å². The van der Waals surface area contributed by atoms with E-state index in [9.17, 15) is 14.7 Å². The van der Waals surface area contributed by atoms with E-state index in [2.05, 4.69) is 50.3 Å². The summed E-state index contributed by atoms with van der Waals surface area (Å²) in [5, 5.41) is 9.56. The third-order valence-corrected chi connectivity index (χ3v) is 9.70. The number of allylic oxidation sites excluding steroid dienone is 6. The van der Waals surface area contributed by atoms with E-state index in [1.165, 1.54) is 135 Å². The first-order valence-electron chi connectivity index (χ1n) is 22.0. The van der Waals surface area contributed by atoms with Crippen LogP contribution in [0, 0.1) is 0 Å². The van der Waals surface area contributed by atoms with Crippen LogP contribution in [0.5, 0.6) is 0 Å². The van der Waals surface area contributed by atoms with Gasteiger partial charge in [-0.05, 0) is 44.9 Å². The van der Waals surface area contributed by atoms with E-state index in [1.807, 2.05) is 0 Å². The lowest BCUT2D eigenvalue weighted by molar-refractivity contribution is -0.161. The summed E-state index contributed by atoms with van der Waals surface area (Å²) >= 11 is 0. The van der Waals surface area contributed by atoms with E-state index >= 15 is 0 Å². The molecule has 1 atom stereocenters. The number of unbranched alkanes of at least 4 members (excludes halogenated alkanes) is 26. The lowest BCUT2D eigenvalue weighted by Crippen LogP contribution is -2.28. The van der Waals surface area contributed by atoms with Gasteiger partial charge in [0.1, 0.15) is 6.61 Å². The first-order valence-corrected chi connectivity index (χ1v) is 22.0. The third kappa shape index (κ3) is 40.7. The van der Waals surface area contributed by atoms with Gasteiger partial charge in [0.05, 0.1) is 6.61 Å². The monoisotopic (exact) mass is 717 g/mol. The number of esters is 2. The normalized spacial score (nSPS) is 12.5. The summed E-state index contributed by atoms with van der Waals surface area (Å²) in [6, 6.07) is 0. The summed E-state index contributed by atoms with van der Waals surface area (Å²) in [5.74, 6) is -0.617. The molecule has 0 aliphatic heterocycles. The van der Waals surface area contributed by atoms with E-state index in [0.29, 0.717) is 12.8 Å². The van der Waals surface area contributed by atoms with Gasteiger partial charge < -0.3 is 14.6 Å². The van der Waals surface area contributed by atoms with Crippen LogP contribution in [-0.2, 0) is 19.1 Å². The molecule has 0 aromatic carbocycles. The molecule has 0 aromatic heterocycles. The average Bonchev–Trinajstić information content (AvgIpc) is 3.13. The van der Waals surface area contributed by atoms with Gasteiger partial charge in [-0.3, -0.25) is 9.59 Å². The summed E-state index contributed by atoms with van der Waals surface area (Å²) < 4.78 is 10.6. The van der Waals surface area contributed by atoms with Gasteiger partial charge >= 0.3 is 11.9 Å². The fourth-order valence-electron chi connectivity index (χ4n) is 6.39. The van der Waals surface area contributed by atoms with E-state index in [0.717, 1.165) is 64.2 Å². The Kier molecular flexibility index (Phi) is 41.0. The van der Waals surface area contributed by atoms with Crippen molar-refractivity contribution in [3.8, 4) is 0 Å². The van der Waals surface area contributed by atoms with Crippen LogP contribution in [0.15, 0.2) is 36.5 Å². The topological polar surface area (TPSA) is 72.8 Å². The maximum absolute atomic E-state index is 12.1. The molecule has 1 unspecified atom stereocenters. The molecule has 0 radical (unpaired) electrons. The third-order valence-electron chi connectivity index (χ3n) is 9.70. The maximum Gasteiger partial charge on any atom is 0.306 e. The molecule has 0 rings (SSSR count). The fourth-order valence-corrected chi connectivity index (χ4v) is 6.39. The molecule has 0 aliphatic carbocycles. The molecule has 0 aliphatic rings. The van der Waals surface area contributed by atoms with Gasteiger partial charge in [-0.25, -0.2) is 0 Å². The van der Waals surface area contributed by atoms with Crippen molar-refractivity contribution in [3.63, 3.8) is 0 Å². The van der Waals surface area contributed by atoms with Crippen molar-refractivity contribution in [2.75, 3.05) is 13.2 Å². The number of hydrogen-bond donors (Lipinski definition) is 1. The molecular weight excluding hydrogens is 633 g/mol. The van der Waals surface area contributed by atoms with Gasteiger partial charge in [0.25, 0.3) is 0 Å². The number of hydrogen-bond acceptors (Lipinski definition) is 5. The minimum absolute atomic E-state index is 0.0748. The average molecular weight is 717 g/mol. The van der Waals surface area contributed by atoms with E-state index in [1.54, 1.807) is 0 Å². The zero-order valence-electron chi connectivity index (χ0n) is 33.9. The second-order valence-electron chi connectivity index (χ2n) is 14.8. The molecule has 298 valence electrons. The molecule has 51 heavy (non-hydrogen) atoms. The van der Waals surface area contributed by atoms with Crippen molar-refractivity contribution in [1.29, 1.82) is 0 Å². The summed E-state index contributed by atoms with van der Waals surface area (Å²) in [4.78, 5) is 24.3. The van der Waals surface area contributed by atoms with E-state index < -0.39 is 6.10 Å². The lowest BCUT2D eigenvalue weighted by atomic mass is 10.0. The second-order valence-corrected chi connectivity index (χ2v) is 14.8. The predicted molar refractivity (Wildman–Crippen MR) is 219 cm³/mol. The van der Waals surface area contributed by atoms with Crippen molar-refractivity contribution in [2.45, 2.75) is 232 Å². The predicted octanol–water partition coefficient (Wildman–Crippen LogP) is 14.0.